The molecule has 3 unspecified atom stereocenters. The molecule has 9 heteroatoms. The lowest BCUT2D eigenvalue weighted by molar-refractivity contribution is -0.00758. The van der Waals surface area contributed by atoms with Crippen molar-refractivity contribution in [2.24, 2.45) is 0 Å². The van der Waals surface area contributed by atoms with Gasteiger partial charge in [0.1, 0.15) is 26.2 Å². The van der Waals surface area contributed by atoms with Crippen molar-refractivity contribution < 1.29 is 19.1 Å². The molecule has 1 N–H and O–H groups in total. The van der Waals surface area contributed by atoms with Gasteiger partial charge >= 0.3 is 0 Å². The van der Waals surface area contributed by atoms with Crippen LogP contribution in [-0.4, -0.2) is 51.0 Å². The van der Waals surface area contributed by atoms with Gasteiger partial charge in [-0.3, -0.25) is 0 Å². The van der Waals surface area contributed by atoms with Gasteiger partial charge in [-0.25, -0.2) is 0 Å². The highest BCUT2D eigenvalue weighted by molar-refractivity contribution is 14.2. The van der Waals surface area contributed by atoms with Crippen molar-refractivity contribution in [3.05, 3.63) is 0 Å². The molecule has 0 aromatic carbocycles. The molecule has 1 aliphatic heterocycles. The third-order valence-corrected chi connectivity index (χ3v) is 3.68. The van der Waals surface area contributed by atoms with E-state index in [4.69, 9.17) is 33.7 Å². The topological polar surface area (TPSA) is 47.9 Å². The molecular weight excluding hydrogens is 369 g/mol. The zero-order valence-electron chi connectivity index (χ0n) is 7.95. The lowest BCUT2D eigenvalue weighted by Gasteiger charge is -2.22. The van der Waals surface area contributed by atoms with E-state index < -0.39 is 27.4 Å². The van der Waals surface area contributed by atoms with Gasteiger partial charge in [0.25, 0.3) is 0 Å². The molecule has 15 heavy (non-hydrogen) atoms. The highest BCUT2D eigenvalue weighted by Crippen LogP contribution is 2.62. The van der Waals surface area contributed by atoms with E-state index in [0.717, 1.165) is 0 Å². The molecule has 2 radical (unpaired) electrons. The van der Waals surface area contributed by atoms with Crippen LogP contribution in [0.2, 0.25) is 0 Å². The SMILES string of the molecule is [B][C@@H]1O[C@H](COC)C(OP(=S)(S)I)C1O. The van der Waals surface area contributed by atoms with Crippen LogP contribution in [0, 0.1) is 0 Å². The molecule has 0 amide bonds. The van der Waals surface area contributed by atoms with Crippen LogP contribution in [0.15, 0.2) is 0 Å². The summed E-state index contributed by atoms with van der Waals surface area (Å²) < 4.78 is 13.5. The Kier molecular flexibility index (Phi) is 5.87. The van der Waals surface area contributed by atoms with E-state index in [1.54, 1.807) is 0 Å². The quantitative estimate of drug-likeness (QED) is 0.328. The van der Waals surface area contributed by atoms with E-state index in [1.807, 2.05) is 22.0 Å². The van der Waals surface area contributed by atoms with Crippen molar-refractivity contribution in [3.63, 3.8) is 0 Å². The highest BCUT2D eigenvalue weighted by Gasteiger charge is 2.43. The van der Waals surface area contributed by atoms with Crippen LogP contribution in [-0.2, 0) is 25.8 Å². The lowest BCUT2D eigenvalue weighted by atomic mass is 9.93. The number of ether oxygens (including phenoxy) is 2. The molecule has 0 saturated carbocycles. The smallest absolute Gasteiger partial charge is 0.175 e. The van der Waals surface area contributed by atoms with Gasteiger partial charge in [-0.1, -0.05) is 0 Å². The average Bonchev–Trinajstić information content (AvgIpc) is 2.32. The molecule has 1 heterocycles. The van der Waals surface area contributed by atoms with Crippen molar-refractivity contribution in [1.29, 1.82) is 0 Å². The first kappa shape index (κ1) is 14.7. The predicted octanol–water partition coefficient (Wildman–Crippen LogP) is 0.862. The monoisotopic (exact) mass is 380 g/mol. The summed E-state index contributed by atoms with van der Waals surface area (Å²) >= 11 is 11.1. The van der Waals surface area contributed by atoms with Gasteiger partial charge in [-0.2, -0.15) is 0 Å². The standard InChI is InChI=1S/C6H11BIO4PS2/c1-10-2-3-5(12-13(8,14)15)4(9)6(7)11-3/h3-6,9H,2H2,1H3,(H,14,15)/t3-,4?,5?,6-/m1/s1. The lowest BCUT2D eigenvalue weighted by Crippen LogP contribution is -2.35. The van der Waals surface area contributed by atoms with E-state index in [1.165, 1.54) is 7.11 Å². The molecule has 1 rings (SSSR count). The Morgan fingerprint density at radius 3 is 2.80 bits per heavy atom. The number of hydrogen-bond acceptors (Lipinski definition) is 5. The maximum atomic E-state index is 9.72. The fourth-order valence-corrected chi connectivity index (χ4v) is 3.32. The predicted molar refractivity (Wildman–Crippen MR) is 74.5 cm³/mol. The summed E-state index contributed by atoms with van der Waals surface area (Å²) in [6.45, 7) is 0.301. The summed E-state index contributed by atoms with van der Waals surface area (Å²) in [5.41, 5.74) is 0. The summed E-state index contributed by atoms with van der Waals surface area (Å²) in [5, 5.41) is 9.72. The summed E-state index contributed by atoms with van der Waals surface area (Å²) in [7, 11) is 7.09. The van der Waals surface area contributed by atoms with Crippen molar-refractivity contribution >= 4 is 57.1 Å². The van der Waals surface area contributed by atoms with Crippen molar-refractivity contribution in [3.8, 4) is 0 Å². The minimum absolute atomic E-state index is 0.301. The normalized spacial score (nSPS) is 40.3. The number of hydrogen-bond donors (Lipinski definition) is 2. The fraction of sp³-hybridized carbons (Fsp3) is 1.00. The van der Waals surface area contributed by atoms with Crippen molar-refractivity contribution in [2.75, 3.05) is 13.7 Å². The summed E-state index contributed by atoms with van der Waals surface area (Å²) in [6.07, 6.45) is -1.86. The largest absolute Gasteiger partial charge is 0.388 e. The Balaban J connectivity index is 2.68. The molecule has 0 aliphatic carbocycles. The molecule has 1 saturated heterocycles. The summed E-state index contributed by atoms with van der Waals surface area (Å²) in [5.74, 6) is 0. The highest BCUT2D eigenvalue weighted by atomic mass is 127. The molecule has 0 aromatic heterocycles. The number of aliphatic hydroxyl groups is 1. The van der Waals surface area contributed by atoms with Crippen LogP contribution in [0.5, 0.6) is 0 Å². The molecule has 1 aliphatic rings. The first-order valence-corrected chi connectivity index (χ1v) is 10.8. The maximum Gasteiger partial charge on any atom is 0.175 e. The van der Waals surface area contributed by atoms with Crippen molar-refractivity contribution in [2.45, 2.75) is 24.3 Å². The second-order valence-corrected chi connectivity index (χ2v) is 16.6. The second-order valence-electron chi connectivity index (χ2n) is 3.11. The average molecular weight is 380 g/mol. The molecule has 0 spiro atoms. The van der Waals surface area contributed by atoms with Gasteiger partial charge in [0.2, 0.25) is 0 Å². The van der Waals surface area contributed by atoms with Crippen LogP contribution >= 0.6 is 37.4 Å². The Morgan fingerprint density at radius 1 is 1.73 bits per heavy atom. The zero-order valence-corrected chi connectivity index (χ0v) is 12.7. The third kappa shape index (κ3) is 4.42. The Hall–Kier alpha value is 1.63. The van der Waals surface area contributed by atoms with E-state index in [-0.39, 0.29) is 0 Å². The number of rotatable bonds is 4. The minimum atomic E-state index is -2.19. The van der Waals surface area contributed by atoms with E-state index >= 15 is 0 Å². The first-order valence-electron chi connectivity index (χ1n) is 4.14. The van der Waals surface area contributed by atoms with Gasteiger partial charge in [0.15, 0.2) is 3.11 Å². The molecule has 5 atom stereocenters. The van der Waals surface area contributed by atoms with Gasteiger partial charge in [0.05, 0.1) is 6.61 Å². The minimum Gasteiger partial charge on any atom is -0.388 e. The Morgan fingerprint density at radius 2 is 2.33 bits per heavy atom. The van der Waals surface area contributed by atoms with Crippen LogP contribution < -0.4 is 0 Å². The summed E-state index contributed by atoms with van der Waals surface area (Å²) in [4.78, 5) is 0. The molecule has 0 bridgehead atoms. The molecule has 1 fully saturated rings. The number of thiol groups is 1. The van der Waals surface area contributed by atoms with Gasteiger partial charge in [0, 0.05) is 35.2 Å². The first-order chi connectivity index (χ1) is 6.85. The molecule has 0 aromatic rings. The Bertz CT molecular complexity index is 266. The van der Waals surface area contributed by atoms with Gasteiger partial charge < -0.3 is 19.1 Å². The van der Waals surface area contributed by atoms with E-state index in [2.05, 4.69) is 12.2 Å². The molecule has 86 valence electrons. The van der Waals surface area contributed by atoms with E-state index in [9.17, 15) is 5.11 Å². The number of methoxy groups -OCH3 is 1. The molecular formula is C6H11BIO4PS2. The number of aliphatic hydroxyl groups excluding tert-OH is 1. The van der Waals surface area contributed by atoms with Gasteiger partial charge in [-0.15, -0.1) is 12.2 Å². The van der Waals surface area contributed by atoms with Crippen LogP contribution in [0.25, 0.3) is 0 Å². The van der Waals surface area contributed by atoms with Gasteiger partial charge in [-0.05, 0) is 11.8 Å². The molecule has 4 nitrogen and oxygen atoms in total. The number of halogens is 1. The summed E-state index contributed by atoms with van der Waals surface area (Å²) in [6, 6.07) is -0.763. The van der Waals surface area contributed by atoms with Crippen LogP contribution in [0.3, 0.4) is 0 Å². The van der Waals surface area contributed by atoms with E-state index in [0.29, 0.717) is 6.61 Å². The van der Waals surface area contributed by atoms with Crippen LogP contribution in [0.1, 0.15) is 0 Å². The fourth-order valence-electron chi connectivity index (χ4n) is 1.35. The third-order valence-electron chi connectivity index (χ3n) is 1.95. The Labute approximate surface area is 114 Å². The second kappa shape index (κ2) is 5.99. The maximum absolute atomic E-state index is 9.72. The zero-order chi connectivity index (χ0) is 11.6. The van der Waals surface area contributed by atoms with Crippen LogP contribution in [0.4, 0.5) is 0 Å². The van der Waals surface area contributed by atoms with Crippen molar-refractivity contribution in [1.82, 2.24) is 0 Å².